The van der Waals surface area contributed by atoms with Crippen molar-refractivity contribution in [1.82, 2.24) is 15.0 Å². The number of H-pyrrole nitrogens is 1. The van der Waals surface area contributed by atoms with Gasteiger partial charge in [-0.15, -0.1) is 0 Å². The van der Waals surface area contributed by atoms with Gasteiger partial charge in [-0.25, -0.2) is 9.37 Å². The Kier molecular flexibility index (Phi) is 6.61. The number of halogens is 1. The van der Waals surface area contributed by atoms with Gasteiger partial charge >= 0.3 is 0 Å². The monoisotopic (exact) mass is 498 g/mol. The van der Waals surface area contributed by atoms with Crippen LogP contribution in [0.2, 0.25) is 19.6 Å². The van der Waals surface area contributed by atoms with Crippen molar-refractivity contribution in [3.05, 3.63) is 69.6 Å². The molecule has 0 spiro atoms. The number of nitrogens with zero attached hydrogens (tertiary/aromatic N) is 2. The zero-order valence-corrected chi connectivity index (χ0v) is 21.0. The van der Waals surface area contributed by atoms with Crippen molar-refractivity contribution in [2.45, 2.75) is 39.0 Å². The van der Waals surface area contributed by atoms with Crippen LogP contribution in [0.25, 0.3) is 0 Å². The first-order valence-corrected chi connectivity index (χ1v) is 14.8. The topological polar surface area (TPSA) is 118 Å². The molecule has 0 fully saturated rings. The van der Waals surface area contributed by atoms with Gasteiger partial charge in [0.2, 0.25) is 11.6 Å². The van der Waals surface area contributed by atoms with E-state index >= 15 is 0 Å². The summed E-state index contributed by atoms with van der Waals surface area (Å²) in [7, 11) is -1.89. The smallest absolute Gasteiger partial charge is 0.293 e. The molecule has 0 unspecified atom stereocenters. The molecule has 9 nitrogen and oxygen atoms in total. The fraction of sp³-hybridized carbons (Fsp3) is 0.333. The maximum absolute atomic E-state index is 14.8. The van der Waals surface area contributed by atoms with Gasteiger partial charge in [0, 0.05) is 30.3 Å². The van der Waals surface area contributed by atoms with Gasteiger partial charge in [-0.05, 0) is 30.3 Å². The Morgan fingerprint density at radius 3 is 2.66 bits per heavy atom. The lowest BCUT2D eigenvalue weighted by Gasteiger charge is -2.35. The van der Waals surface area contributed by atoms with Gasteiger partial charge in [0.05, 0.1) is 26.4 Å². The van der Waals surface area contributed by atoms with Crippen LogP contribution in [0.1, 0.15) is 34.8 Å². The third-order valence-electron chi connectivity index (χ3n) is 5.76. The summed E-state index contributed by atoms with van der Waals surface area (Å²) in [6.07, 6.45) is 0.375. The second-order valence-electron chi connectivity index (χ2n) is 9.28. The van der Waals surface area contributed by atoms with E-state index in [1.54, 1.807) is 24.3 Å². The van der Waals surface area contributed by atoms with E-state index in [0.29, 0.717) is 35.4 Å². The minimum absolute atomic E-state index is 0.157. The van der Waals surface area contributed by atoms with E-state index in [4.69, 9.17) is 9.26 Å². The lowest BCUT2D eigenvalue weighted by molar-refractivity contribution is -0.121. The molecule has 0 radical (unpaired) electrons. The molecule has 2 N–H and O–H groups in total. The van der Waals surface area contributed by atoms with Crippen LogP contribution in [0, 0.1) is 5.82 Å². The summed E-state index contributed by atoms with van der Waals surface area (Å²) in [6, 6.07) is 7.94. The number of nitrogens with one attached hydrogen (secondary N) is 2. The number of carbonyl (C=O) groups is 2. The molecular formula is C24H27FN4O5Si. The van der Waals surface area contributed by atoms with Gasteiger partial charge < -0.3 is 19.5 Å². The Morgan fingerprint density at radius 1 is 1.26 bits per heavy atom. The number of pyridine rings is 1. The Balaban J connectivity index is 1.69. The molecule has 184 valence electrons. The quantitative estimate of drug-likeness (QED) is 0.505. The minimum atomic E-state index is -1.89. The molecule has 0 saturated carbocycles. The lowest BCUT2D eigenvalue weighted by Crippen LogP contribution is -2.45. The Bertz CT molecular complexity index is 1330. The largest absolute Gasteiger partial charge is 0.478 e. The van der Waals surface area contributed by atoms with Gasteiger partial charge in [-0.1, -0.05) is 25.7 Å². The molecule has 11 heteroatoms. The van der Waals surface area contributed by atoms with Crippen LogP contribution >= 0.6 is 0 Å². The predicted molar refractivity (Wildman–Crippen MR) is 130 cm³/mol. The van der Waals surface area contributed by atoms with Gasteiger partial charge in [-0.3, -0.25) is 14.4 Å². The molecule has 1 aliphatic rings. The first kappa shape index (κ1) is 24.4. The van der Waals surface area contributed by atoms with Gasteiger partial charge in [0.25, 0.3) is 17.4 Å². The van der Waals surface area contributed by atoms with Crippen LogP contribution in [0.15, 0.2) is 45.7 Å². The standard InChI is InChI=1S/C24H27FN4O5Si/c1-5-33-21-9-7-15-17(27-21)10-11-29(24(32)18-13-20(30)28-34-18)22(15)23(31)26-14-6-8-19(16(25)12-14)35(2,3)4/h6-9,12-13,22H,5,10-11H2,1-4H3,(H,26,31)(H,28,30)/t22-/m1/s1. The molecule has 0 aliphatic carbocycles. The lowest BCUT2D eigenvalue weighted by atomic mass is 9.95. The Morgan fingerprint density at radius 2 is 2.03 bits per heavy atom. The normalized spacial score (nSPS) is 15.5. The van der Waals surface area contributed by atoms with Crippen LogP contribution in [-0.2, 0) is 11.2 Å². The van der Waals surface area contributed by atoms with Crippen LogP contribution in [-0.4, -0.2) is 48.1 Å². The number of aromatic nitrogens is 2. The van der Waals surface area contributed by atoms with E-state index in [2.05, 4.69) is 15.5 Å². The van der Waals surface area contributed by atoms with E-state index in [1.807, 2.05) is 26.6 Å². The SMILES string of the molecule is CCOc1ccc2c(n1)CCN(C(=O)c1cc(=O)[nH]o1)[C@H]2C(=O)Nc1ccc([Si](C)(C)C)c(F)c1. The Hall–Kier alpha value is -3.73. The zero-order chi connectivity index (χ0) is 25.3. The summed E-state index contributed by atoms with van der Waals surface area (Å²) in [5.74, 6) is -1.32. The number of benzene rings is 1. The van der Waals surface area contributed by atoms with E-state index in [1.165, 1.54) is 11.0 Å². The van der Waals surface area contributed by atoms with Crippen molar-refractivity contribution < 1.29 is 23.2 Å². The molecule has 0 saturated heterocycles. The van der Waals surface area contributed by atoms with Crippen molar-refractivity contribution in [2.75, 3.05) is 18.5 Å². The number of amides is 2. The number of aromatic amines is 1. The molecule has 35 heavy (non-hydrogen) atoms. The predicted octanol–water partition coefficient (Wildman–Crippen LogP) is 2.82. The number of hydrogen-bond acceptors (Lipinski definition) is 6. The van der Waals surface area contributed by atoms with Crippen molar-refractivity contribution in [3.8, 4) is 5.88 Å². The van der Waals surface area contributed by atoms with E-state index in [9.17, 15) is 18.8 Å². The summed E-state index contributed by atoms with van der Waals surface area (Å²) in [6.45, 7) is 8.55. The molecule has 4 rings (SSSR count). The van der Waals surface area contributed by atoms with E-state index < -0.39 is 31.5 Å². The van der Waals surface area contributed by atoms with Crippen LogP contribution in [0.4, 0.5) is 10.1 Å². The summed E-state index contributed by atoms with van der Waals surface area (Å²) in [4.78, 5) is 44.0. The summed E-state index contributed by atoms with van der Waals surface area (Å²) < 4.78 is 25.2. The highest BCUT2D eigenvalue weighted by Crippen LogP contribution is 2.32. The van der Waals surface area contributed by atoms with Crippen molar-refractivity contribution in [2.24, 2.45) is 0 Å². The van der Waals surface area contributed by atoms with E-state index in [-0.39, 0.29) is 23.8 Å². The average Bonchev–Trinajstić information content (AvgIpc) is 3.23. The average molecular weight is 499 g/mol. The highest BCUT2D eigenvalue weighted by Gasteiger charge is 2.38. The number of rotatable bonds is 6. The molecule has 3 heterocycles. The fourth-order valence-corrected chi connectivity index (χ4v) is 5.51. The molecule has 1 aromatic carbocycles. The highest BCUT2D eigenvalue weighted by atomic mass is 28.3. The number of anilines is 1. The molecule has 1 aliphatic heterocycles. The van der Waals surface area contributed by atoms with Crippen molar-refractivity contribution in [3.63, 3.8) is 0 Å². The van der Waals surface area contributed by atoms with Crippen LogP contribution in [0.5, 0.6) is 5.88 Å². The third kappa shape index (κ3) is 5.04. The zero-order valence-electron chi connectivity index (χ0n) is 20.0. The molecule has 3 aromatic rings. The molecule has 0 bridgehead atoms. The maximum atomic E-state index is 14.8. The number of fused-ring (bicyclic) bond motifs is 1. The van der Waals surface area contributed by atoms with Crippen LogP contribution in [0.3, 0.4) is 0 Å². The van der Waals surface area contributed by atoms with E-state index in [0.717, 1.165) is 6.07 Å². The summed E-state index contributed by atoms with van der Waals surface area (Å²) in [5.41, 5.74) is 0.854. The minimum Gasteiger partial charge on any atom is -0.478 e. The number of carbonyl (C=O) groups excluding carboxylic acids is 2. The van der Waals surface area contributed by atoms with Gasteiger partial charge in [-0.2, -0.15) is 5.16 Å². The van der Waals surface area contributed by atoms with Crippen molar-refractivity contribution in [1.29, 1.82) is 0 Å². The molecule has 2 amide bonds. The second kappa shape index (κ2) is 9.49. The summed E-state index contributed by atoms with van der Waals surface area (Å²) >= 11 is 0. The van der Waals surface area contributed by atoms with Gasteiger partial charge in [0.1, 0.15) is 11.9 Å². The number of hydrogen-bond donors (Lipinski definition) is 2. The third-order valence-corrected chi connectivity index (χ3v) is 7.78. The second-order valence-corrected chi connectivity index (χ2v) is 14.3. The highest BCUT2D eigenvalue weighted by molar-refractivity contribution is 6.88. The number of ether oxygens (including phenoxy) is 1. The van der Waals surface area contributed by atoms with Crippen LogP contribution < -0.4 is 20.8 Å². The first-order chi connectivity index (χ1) is 16.6. The maximum Gasteiger partial charge on any atom is 0.293 e. The molecular weight excluding hydrogens is 471 g/mol. The Labute approximate surface area is 202 Å². The summed E-state index contributed by atoms with van der Waals surface area (Å²) in [5, 5.41) is 5.49. The fourth-order valence-electron chi connectivity index (χ4n) is 4.14. The van der Waals surface area contributed by atoms with Crippen molar-refractivity contribution >= 4 is 30.8 Å². The van der Waals surface area contributed by atoms with Gasteiger partial charge in [0.15, 0.2) is 0 Å². The molecule has 2 aromatic heterocycles. The first-order valence-electron chi connectivity index (χ1n) is 11.3. The molecule has 1 atom stereocenters.